The first-order valence-electron chi connectivity index (χ1n) is 13.2. The lowest BCUT2D eigenvalue weighted by atomic mass is 9.84. The standard InChI is InChI=1S/C25H29F9N2O5S/c26-23(27,28)17-3-2-16(19(14-17)40-18-4-12-42(38,39)13-5-18)15-36-9-1-6-22(36)7-10-35(11-8-22)21(37)41-20(24(29,30)31)25(32,33)34/h2-3,14,18,20H,1,4-13,15H2. The first-order valence-corrected chi connectivity index (χ1v) is 15.0. The molecular weight excluding hydrogens is 611 g/mol. The Morgan fingerprint density at radius 3 is 2.07 bits per heavy atom. The third kappa shape index (κ3) is 7.55. The van der Waals surface area contributed by atoms with Crippen molar-refractivity contribution in [2.45, 2.75) is 81.3 Å². The molecule has 0 saturated carbocycles. The van der Waals surface area contributed by atoms with E-state index in [1.807, 2.05) is 4.90 Å². The van der Waals surface area contributed by atoms with E-state index in [9.17, 15) is 52.7 Å². The summed E-state index contributed by atoms with van der Waals surface area (Å²) < 4.78 is 151. The van der Waals surface area contributed by atoms with Gasteiger partial charge in [-0.05, 0) is 57.2 Å². The monoisotopic (exact) mass is 640 g/mol. The van der Waals surface area contributed by atoms with Gasteiger partial charge in [0, 0.05) is 30.7 Å². The molecule has 3 aliphatic rings. The number of halogens is 9. The van der Waals surface area contributed by atoms with E-state index in [2.05, 4.69) is 4.74 Å². The summed E-state index contributed by atoms with van der Waals surface area (Å²) in [5, 5.41) is 0. The van der Waals surface area contributed by atoms with Gasteiger partial charge in [-0.1, -0.05) is 6.07 Å². The molecule has 0 unspecified atom stereocenters. The van der Waals surface area contributed by atoms with Gasteiger partial charge in [-0.25, -0.2) is 13.2 Å². The van der Waals surface area contributed by atoms with Gasteiger partial charge in [-0.15, -0.1) is 0 Å². The number of carbonyl (C=O) groups is 1. The van der Waals surface area contributed by atoms with Gasteiger partial charge in [-0.2, -0.15) is 39.5 Å². The highest BCUT2D eigenvalue weighted by molar-refractivity contribution is 7.91. The summed E-state index contributed by atoms with van der Waals surface area (Å²) in [6, 6.07) is 3.06. The molecule has 0 atom stereocenters. The number of nitrogens with zero attached hydrogens (tertiary/aromatic N) is 2. The molecule has 0 aliphatic carbocycles. The van der Waals surface area contributed by atoms with E-state index in [-0.39, 0.29) is 62.6 Å². The number of sulfone groups is 1. The number of rotatable bonds is 5. The van der Waals surface area contributed by atoms with Gasteiger partial charge < -0.3 is 14.4 Å². The summed E-state index contributed by atoms with van der Waals surface area (Å²) >= 11 is 0. The molecule has 0 bridgehead atoms. The molecule has 42 heavy (non-hydrogen) atoms. The second kappa shape index (κ2) is 11.6. The third-order valence-corrected chi connectivity index (χ3v) is 9.77. The Morgan fingerprint density at radius 2 is 1.52 bits per heavy atom. The number of ether oxygens (including phenoxy) is 2. The van der Waals surface area contributed by atoms with Crippen LogP contribution in [0.25, 0.3) is 0 Å². The fourth-order valence-electron chi connectivity index (χ4n) is 5.75. The highest BCUT2D eigenvalue weighted by Crippen LogP contribution is 2.42. The Balaban J connectivity index is 1.46. The summed E-state index contributed by atoms with van der Waals surface area (Å²) in [6.07, 6.45) is -21.0. The Bertz CT molecular complexity index is 1210. The fraction of sp³-hybridized carbons (Fsp3) is 0.720. The normalized spacial score (nSPS) is 22.1. The second-order valence-electron chi connectivity index (χ2n) is 10.9. The van der Waals surface area contributed by atoms with Gasteiger partial charge in [0.1, 0.15) is 11.9 Å². The fourth-order valence-corrected chi connectivity index (χ4v) is 7.20. The Morgan fingerprint density at radius 1 is 0.929 bits per heavy atom. The number of likely N-dealkylation sites (tertiary alicyclic amines) is 2. The topological polar surface area (TPSA) is 76.2 Å². The second-order valence-corrected chi connectivity index (χ2v) is 13.2. The minimum absolute atomic E-state index is 0.0393. The molecule has 1 spiro atoms. The number of carbonyl (C=O) groups excluding carboxylic acids is 1. The highest BCUT2D eigenvalue weighted by Gasteiger charge is 2.60. The van der Waals surface area contributed by atoms with Gasteiger partial charge in [0.2, 0.25) is 0 Å². The van der Waals surface area contributed by atoms with E-state index < -0.39 is 57.8 Å². The van der Waals surface area contributed by atoms with Crippen molar-refractivity contribution in [2.24, 2.45) is 0 Å². The van der Waals surface area contributed by atoms with Crippen LogP contribution in [0.5, 0.6) is 5.75 Å². The maximum Gasteiger partial charge on any atom is 0.434 e. The predicted molar refractivity (Wildman–Crippen MR) is 129 cm³/mol. The lowest BCUT2D eigenvalue weighted by Crippen LogP contribution is -2.54. The third-order valence-electron chi connectivity index (χ3n) is 8.06. The minimum Gasteiger partial charge on any atom is -0.490 e. The molecule has 0 aromatic heterocycles. The largest absolute Gasteiger partial charge is 0.490 e. The molecule has 0 N–H and O–H groups in total. The summed E-state index contributed by atoms with van der Waals surface area (Å²) in [5.74, 6) is -0.331. The Hall–Kier alpha value is -2.43. The zero-order valence-electron chi connectivity index (χ0n) is 22.1. The van der Waals surface area contributed by atoms with Crippen molar-refractivity contribution in [1.29, 1.82) is 0 Å². The number of hydrogen-bond donors (Lipinski definition) is 0. The van der Waals surface area contributed by atoms with Crippen molar-refractivity contribution in [3.05, 3.63) is 29.3 Å². The van der Waals surface area contributed by atoms with Crippen LogP contribution < -0.4 is 4.74 Å². The van der Waals surface area contributed by atoms with Crippen LogP contribution in [0.2, 0.25) is 0 Å². The molecule has 4 rings (SSSR count). The van der Waals surface area contributed by atoms with E-state index in [0.717, 1.165) is 17.0 Å². The molecule has 1 aromatic carbocycles. The van der Waals surface area contributed by atoms with Crippen LogP contribution in [-0.4, -0.2) is 85.6 Å². The van der Waals surface area contributed by atoms with Crippen LogP contribution in [0.1, 0.15) is 49.7 Å². The molecule has 3 fully saturated rings. The average molecular weight is 641 g/mol. The van der Waals surface area contributed by atoms with Crippen molar-refractivity contribution >= 4 is 15.9 Å². The number of amides is 1. The lowest BCUT2D eigenvalue weighted by molar-refractivity contribution is -0.308. The molecule has 238 valence electrons. The highest BCUT2D eigenvalue weighted by atomic mass is 32.2. The van der Waals surface area contributed by atoms with Crippen molar-refractivity contribution in [3.8, 4) is 5.75 Å². The predicted octanol–water partition coefficient (Wildman–Crippen LogP) is 5.72. The van der Waals surface area contributed by atoms with Crippen molar-refractivity contribution in [2.75, 3.05) is 31.1 Å². The molecule has 3 saturated heterocycles. The number of benzene rings is 1. The number of alkyl halides is 9. The molecule has 17 heteroatoms. The number of piperidine rings is 1. The van der Waals surface area contributed by atoms with Crippen LogP contribution >= 0.6 is 0 Å². The van der Waals surface area contributed by atoms with Crippen molar-refractivity contribution in [3.63, 3.8) is 0 Å². The van der Waals surface area contributed by atoms with Crippen LogP contribution in [-0.2, 0) is 27.3 Å². The van der Waals surface area contributed by atoms with Crippen LogP contribution in [0.15, 0.2) is 18.2 Å². The van der Waals surface area contributed by atoms with Gasteiger partial charge in [0.25, 0.3) is 6.10 Å². The smallest absolute Gasteiger partial charge is 0.434 e. The quantitative estimate of drug-likeness (QED) is 0.384. The maximum absolute atomic E-state index is 13.5. The zero-order valence-corrected chi connectivity index (χ0v) is 22.9. The minimum atomic E-state index is -5.83. The molecule has 3 heterocycles. The van der Waals surface area contributed by atoms with Crippen LogP contribution in [0.3, 0.4) is 0 Å². The van der Waals surface area contributed by atoms with Crippen LogP contribution in [0, 0.1) is 0 Å². The molecule has 7 nitrogen and oxygen atoms in total. The van der Waals surface area contributed by atoms with Crippen LogP contribution in [0.4, 0.5) is 44.3 Å². The summed E-state index contributed by atoms with van der Waals surface area (Å²) in [4.78, 5) is 15.0. The lowest BCUT2D eigenvalue weighted by Gasteiger charge is -2.45. The molecule has 1 aromatic rings. The number of hydrogen-bond acceptors (Lipinski definition) is 6. The summed E-state index contributed by atoms with van der Waals surface area (Å²) in [5.41, 5.74) is -1.12. The maximum atomic E-state index is 13.5. The van der Waals surface area contributed by atoms with Gasteiger partial charge >= 0.3 is 24.6 Å². The van der Waals surface area contributed by atoms with E-state index in [4.69, 9.17) is 4.74 Å². The van der Waals surface area contributed by atoms with Gasteiger partial charge in [0.05, 0.1) is 17.1 Å². The molecule has 0 radical (unpaired) electrons. The first kappa shape index (κ1) is 32.5. The first-order chi connectivity index (χ1) is 19.3. The molecule has 3 aliphatic heterocycles. The van der Waals surface area contributed by atoms with Gasteiger partial charge in [-0.3, -0.25) is 4.90 Å². The Kier molecular flexibility index (Phi) is 8.96. The van der Waals surface area contributed by atoms with E-state index in [1.165, 1.54) is 6.07 Å². The molecular formula is C25H29F9N2O5S. The van der Waals surface area contributed by atoms with E-state index in [0.29, 0.717) is 24.9 Å². The average Bonchev–Trinajstić information content (AvgIpc) is 3.24. The summed E-state index contributed by atoms with van der Waals surface area (Å²) in [6.45, 7) is 0.291. The summed E-state index contributed by atoms with van der Waals surface area (Å²) in [7, 11) is -3.24. The zero-order chi connectivity index (χ0) is 31.1. The van der Waals surface area contributed by atoms with E-state index >= 15 is 0 Å². The van der Waals surface area contributed by atoms with Crippen molar-refractivity contribution in [1.82, 2.24) is 9.80 Å². The van der Waals surface area contributed by atoms with Crippen molar-refractivity contribution < 1.29 is 62.2 Å². The molecule has 1 amide bonds. The van der Waals surface area contributed by atoms with E-state index in [1.54, 1.807) is 0 Å². The van der Waals surface area contributed by atoms with Gasteiger partial charge in [0.15, 0.2) is 9.84 Å². The Labute approximate surface area is 235 Å². The SMILES string of the molecule is O=C(OC(C(F)(F)F)C(F)(F)F)N1CCC2(CCCN2Cc2ccc(C(F)(F)F)cc2OC2CCS(=O)(=O)CC2)CC1.